The van der Waals surface area contributed by atoms with E-state index in [1.54, 1.807) is 36.4 Å². The van der Waals surface area contributed by atoms with Gasteiger partial charge >= 0.3 is 0 Å². The largest absolute Gasteiger partial charge is 0.407 e. The van der Waals surface area contributed by atoms with E-state index in [4.69, 9.17) is 4.43 Å². The van der Waals surface area contributed by atoms with Crippen LogP contribution in [0.5, 0.6) is 0 Å². The third kappa shape index (κ3) is 6.38. The van der Waals surface area contributed by atoms with Gasteiger partial charge in [0.25, 0.3) is 8.32 Å². The molecule has 0 aliphatic rings. The fourth-order valence-electron chi connectivity index (χ4n) is 4.40. The van der Waals surface area contributed by atoms with Crippen LogP contribution in [-0.4, -0.2) is 34.6 Å². The van der Waals surface area contributed by atoms with Crippen LogP contribution in [0.2, 0.25) is 5.04 Å². The SMILES string of the molecule is C[C@H](/C=C\S(=O)(=O)c1ccccc1)[C@@H](O)CCO[Si](c1ccccc1)(c1ccccc1)C(C)(C)C. The van der Waals surface area contributed by atoms with Crippen LogP contribution in [-0.2, 0) is 14.3 Å². The maximum absolute atomic E-state index is 12.5. The minimum Gasteiger partial charge on any atom is -0.407 e. The zero-order valence-corrected chi connectivity index (χ0v) is 22.8. The fraction of sp³-hybridized carbons (Fsp3) is 0.310. The second-order valence-corrected chi connectivity index (χ2v) is 16.1. The van der Waals surface area contributed by atoms with Crippen LogP contribution >= 0.6 is 0 Å². The molecule has 1 N–H and O–H groups in total. The van der Waals surface area contributed by atoms with Gasteiger partial charge in [0, 0.05) is 17.9 Å². The number of hydrogen-bond acceptors (Lipinski definition) is 4. The highest BCUT2D eigenvalue weighted by atomic mass is 32.2. The molecule has 0 bridgehead atoms. The summed E-state index contributed by atoms with van der Waals surface area (Å²) >= 11 is 0. The van der Waals surface area contributed by atoms with Gasteiger partial charge in [0.15, 0.2) is 9.84 Å². The van der Waals surface area contributed by atoms with Gasteiger partial charge in [-0.25, -0.2) is 8.42 Å². The first kappa shape index (κ1) is 27.1. The lowest BCUT2D eigenvalue weighted by Gasteiger charge is -2.43. The van der Waals surface area contributed by atoms with Crippen molar-refractivity contribution in [2.75, 3.05) is 6.61 Å². The monoisotopic (exact) mass is 508 g/mol. The van der Waals surface area contributed by atoms with Crippen LogP contribution in [0.25, 0.3) is 0 Å². The molecular formula is C29H36O4SSi. The van der Waals surface area contributed by atoms with Gasteiger partial charge in [-0.2, -0.15) is 0 Å². The number of rotatable bonds is 10. The number of aliphatic hydroxyl groups is 1. The first-order valence-electron chi connectivity index (χ1n) is 12.0. The maximum atomic E-state index is 12.5. The summed E-state index contributed by atoms with van der Waals surface area (Å²) in [6, 6.07) is 29.1. The van der Waals surface area contributed by atoms with Gasteiger partial charge in [-0.15, -0.1) is 0 Å². The Hall–Kier alpha value is -2.51. The van der Waals surface area contributed by atoms with Gasteiger partial charge in [0.2, 0.25) is 0 Å². The normalized spacial score (nSPS) is 14.7. The molecule has 6 heteroatoms. The van der Waals surface area contributed by atoms with E-state index in [9.17, 15) is 13.5 Å². The molecular weight excluding hydrogens is 472 g/mol. The summed E-state index contributed by atoms with van der Waals surface area (Å²) in [5, 5.41) is 14.2. The van der Waals surface area contributed by atoms with E-state index in [0.717, 1.165) is 0 Å². The predicted molar refractivity (Wildman–Crippen MR) is 146 cm³/mol. The Bertz CT molecular complexity index is 1150. The van der Waals surface area contributed by atoms with E-state index in [1.165, 1.54) is 15.8 Å². The fourth-order valence-corrected chi connectivity index (χ4v) is 10.1. The minimum absolute atomic E-state index is 0.143. The van der Waals surface area contributed by atoms with Crippen molar-refractivity contribution in [2.24, 2.45) is 5.92 Å². The Labute approximate surface area is 211 Å². The van der Waals surface area contributed by atoms with Crippen molar-refractivity contribution in [3.8, 4) is 0 Å². The van der Waals surface area contributed by atoms with Crippen LogP contribution in [0, 0.1) is 5.92 Å². The molecule has 186 valence electrons. The van der Waals surface area contributed by atoms with E-state index in [2.05, 4.69) is 45.0 Å². The van der Waals surface area contributed by atoms with Crippen molar-refractivity contribution in [1.82, 2.24) is 0 Å². The molecule has 0 heterocycles. The van der Waals surface area contributed by atoms with Crippen molar-refractivity contribution >= 4 is 28.5 Å². The summed E-state index contributed by atoms with van der Waals surface area (Å²) in [7, 11) is -6.21. The topological polar surface area (TPSA) is 63.6 Å². The van der Waals surface area contributed by atoms with E-state index < -0.39 is 24.3 Å². The first-order valence-corrected chi connectivity index (χ1v) is 15.4. The molecule has 0 radical (unpaired) electrons. The number of hydrogen-bond donors (Lipinski definition) is 1. The minimum atomic E-state index is -3.54. The van der Waals surface area contributed by atoms with Gasteiger partial charge in [-0.1, -0.05) is 113 Å². The summed E-state index contributed by atoms with van der Waals surface area (Å²) < 4.78 is 31.9. The summed E-state index contributed by atoms with van der Waals surface area (Å²) in [6.45, 7) is 8.85. The Morgan fingerprint density at radius 1 is 0.857 bits per heavy atom. The number of sulfone groups is 1. The smallest absolute Gasteiger partial charge is 0.261 e. The van der Waals surface area contributed by atoms with Crippen LogP contribution < -0.4 is 10.4 Å². The Morgan fingerprint density at radius 2 is 1.31 bits per heavy atom. The molecule has 2 atom stereocenters. The number of aliphatic hydroxyl groups excluding tert-OH is 1. The second kappa shape index (κ2) is 11.5. The molecule has 0 unspecified atom stereocenters. The van der Waals surface area contributed by atoms with Crippen LogP contribution in [0.4, 0.5) is 0 Å². The van der Waals surface area contributed by atoms with Crippen molar-refractivity contribution in [3.05, 3.63) is 102 Å². The average molecular weight is 509 g/mol. The lowest BCUT2D eigenvalue weighted by atomic mass is 10.0. The van der Waals surface area contributed by atoms with E-state index in [1.807, 2.05) is 43.3 Å². The van der Waals surface area contributed by atoms with Gasteiger partial charge in [0.1, 0.15) is 0 Å². The summed E-state index contributed by atoms with van der Waals surface area (Å²) in [6.07, 6.45) is 1.24. The summed E-state index contributed by atoms with van der Waals surface area (Å²) in [5.41, 5.74) is 0. The summed E-state index contributed by atoms with van der Waals surface area (Å²) in [4.78, 5) is 0.243. The van der Waals surface area contributed by atoms with Crippen LogP contribution in [0.1, 0.15) is 34.1 Å². The van der Waals surface area contributed by atoms with Crippen LogP contribution in [0.15, 0.2) is 107 Å². The average Bonchev–Trinajstić information content (AvgIpc) is 2.86. The van der Waals surface area contributed by atoms with E-state index in [-0.39, 0.29) is 15.9 Å². The third-order valence-electron chi connectivity index (χ3n) is 6.39. The molecule has 0 spiro atoms. The van der Waals surface area contributed by atoms with Crippen molar-refractivity contribution in [1.29, 1.82) is 0 Å². The zero-order chi connectivity index (χ0) is 25.5. The lowest BCUT2D eigenvalue weighted by Crippen LogP contribution is -2.66. The van der Waals surface area contributed by atoms with Crippen molar-refractivity contribution in [3.63, 3.8) is 0 Å². The standard InChI is InChI=1S/C29H36O4SSi/c1-24(21-23-34(31,32)25-14-8-5-9-15-25)28(30)20-22-33-35(29(2,3)4,26-16-10-6-11-17-26)27-18-12-7-13-19-27/h5-19,21,23-24,28,30H,20,22H2,1-4H3/b23-21-/t24-,28+/m1/s1. The van der Waals surface area contributed by atoms with Gasteiger partial charge in [-0.05, 0) is 34.0 Å². The van der Waals surface area contributed by atoms with Crippen molar-refractivity contribution in [2.45, 2.75) is 50.2 Å². The first-order chi connectivity index (χ1) is 16.6. The van der Waals surface area contributed by atoms with Gasteiger partial charge in [0.05, 0.1) is 11.0 Å². The Morgan fingerprint density at radius 3 is 1.77 bits per heavy atom. The quantitative estimate of drug-likeness (QED) is 0.394. The van der Waals surface area contributed by atoms with Crippen LogP contribution in [0.3, 0.4) is 0 Å². The molecule has 0 saturated heterocycles. The summed E-state index contributed by atoms with van der Waals surface area (Å²) in [5.74, 6) is -0.337. The van der Waals surface area contributed by atoms with Gasteiger partial charge < -0.3 is 9.53 Å². The van der Waals surface area contributed by atoms with Gasteiger partial charge in [-0.3, -0.25) is 0 Å². The zero-order valence-electron chi connectivity index (χ0n) is 21.0. The second-order valence-electron chi connectivity index (χ2n) is 9.91. The highest BCUT2D eigenvalue weighted by Crippen LogP contribution is 2.37. The molecule has 4 nitrogen and oxygen atoms in total. The van der Waals surface area contributed by atoms with Crippen molar-refractivity contribution < 1.29 is 18.0 Å². The maximum Gasteiger partial charge on any atom is 0.261 e. The predicted octanol–water partition coefficient (Wildman–Crippen LogP) is 4.94. The third-order valence-corrected chi connectivity index (χ3v) is 12.9. The molecule has 3 aromatic carbocycles. The molecule has 0 fully saturated rings. The molecule has 0 amide bonds. The Kier molecular flexibility index (Phi) is 8.88. The van der Waals surface area contributed by atoms with E-state index >= 15 is 0 Å². The Balaban J connectivity index is 1.77. The highest BCUT2D eigenvalue weighted by Gasteiger charge is 2.50. The molecule has 3 rings (SSSR count). The molecule has 0 aliphatic carbocycles. The lowest BCUT2D eigenvalue weighted by molar-refractivity contribution is 0.106. The molecule has 0 aromatic heterocycles. The molecule has 35 heavy (non-hydrogen) atoms. The highest BCUT2D eigenvalue weighted by molar-refractivity contribution is 7.94. The number of benzene rings is 3. The molecule has 0 aliphatic heterocycles. The molecule has 3 aromatic rings. The van der Waals surface area contributed by atoms with E-state index in [0.29, 0.717) is 13.0 Å². The molecule has 0 saturated carbocycles.